The summed E-state index contributed by atoms with van der Waals surface area (Å²) in [6.45, 7) is 5.90. The molecule has 146 valence electrons. The standard InChI is InChI=1S/C20H25ClN2O4/c1-4-13(3)19(20(25)26-5-2)23-17(24)10-11-18-22-12-16(27-18)14-8-6-7-9-15(14)21/h6-9,12-13,19H,4-5,10-11H2,1-3H3,(H,23,24)/t13-,19-/m0/s1. The Bertz CT molecular complexity index is 775. The van der Waals surface area contributed by atoms with Gasteiger partial charge in [0.05, 0.1) is 17.8 Å². The van der Waals surface area contributed by atoms with Gasteiger partial charge in [0.15, 0.2) is 11.7 Å². The first kappa shape index (κ1) is 21.0. The molecule has 0 bridgehead atoms. The van der Waals surface area contributed by atoms with Crippen LogP contribution >= 0.6 is 11.6 Å². The highest BCUT2D eigenvalue weighted by Gasteiger charge is 2.27. The maximum absolute atomic E-state index is 12.3. The SMILES string of the molecule is CCOC(=O)[C@@H](NC(=O)CCc1ncc(-c2ccccc2Cl)o1)[C@@H](C)CC. The van der Waals surface area contributed by atoms with E-state index in [4.69, 9.17) is 20.8 Å². The minimum atomic E-state index is -0.648. The first-order chi connectivity index (χ1) is 13.0. The molecule has 0 unspecified atom stereocenters. The molecule has 0 saturated carbocycles. The van der Waals surface area contributed by atoms with Crippen LogP contribution in [0.25, 0.3) is 11.3 Å². The molecule has 1 amide bonds. The summed E-state index contributed by atoms with van der Waals surface area (Å²) in [5, 5.41) is 3.34. The van der Waals surface area contributed by atoms with Crippen LogP contribution in [0.3, 0.4) is 0 Å². The largest absolute Gasteiger partial charge is 0.464 e. The average molecular weight is 393 g/mol. The average Bonchev–Trinajstić information content (AvgIpc) is 3.13. The number of halogens is 1. The Kier molecular flexibility index (Phi) is 7.85. The molecule has 27 heavy (non-hydrogen) atoms. The number of oxazole rings is 1. The van der Waals surface area contributed by atoms with Crippen molar-refractivity contribution in [1.82, 2.24) is 10.3 Å². The summed E-state index contributed by atoms with van der Waals surface area (Å²) in [6, 6.07) is 6.67. The van der Waals surface area contributed by atoms with E-state index in [1.54, 1.807) is 19.2 Å². The first-order valence-corrected chi connectivity index (χ1v) is 9.49. The molecular formula is C20H25ClN2O4. The zero-order valence-corrected chi connectivity index (χ0v) is 16.6. The van der Waals surface area contributed by atoms with Crippen molar-refractivity contribution in [3.63, 3.8) is 0 Å². The van der Waals surface area contributed by atoms with Crippen molar-refractivity contribution < 1.29 is 18.7 Å². The Hall–Kier alpha value is -2.34. The van der Waals surface area contributed by atoms with Gasteiger partial charge in [-0.15, -0.1) is 0 Å². The van der Waals surface area contributed by atoms with Gasteiger partial charge >= 0.3 is 5.97 Å². The molecule has 2 aromatic rings. The number of carbonyl (C=O) groups excluding carboxylic acids is 2. The van der Waals surface area contributed by atoms with Gasteiger partial charge in [-0.3, -0.25) is 4.79 Å². The number of aryl methyl sites for hydroxylation is 1. The molecule has 1 heterocycles. The predicted octanol–water partition coefficient (Wildman–Crippen LogP) is 4.02. The van der Waals surface area contributed by atoms with Gasteiger partial charge in [0, 0.05) is 18.4 Å². The maximum atomic E-state index is 12.3. The van der Waals surface area contributed by atoms with Crippen LogP contribution in [0.15, 0.2) is 34.9 Å². The molecule has 0 fully saturated rings. The maximum Gasteiger partial charge on any atom is 0.328 e. The Morgan fingerprint density at radius 3 is 2.70 bits per heavy atom. The van der Waals surface area contributed by atoms with Crippen molar-refractivity contribution in [3.8, 4) is 11.3 Å². The van der Waals surface area contributed by atoms with Gasteiger partial charge in [-0.1, -0.05) is 44.0 Å². The van der Waals surface area contributed by atoms with Crippen LogP contribution in [-0.4, -0.2) is 29.5 Å². The number of benzene rings is 1. The highest BCUT2D eigenvalue weighted by atomic mass is 35.5. The summed E-state index contributed by atoms with van der Waals surface area (Å²) in [7, 11) is 0. The molecule has 1 aromatic carbocycles. The van der Waals surface area contributed by atoms with Gasteiger partial charge < -0.3 is 14.5 Å². The predicted molar refractivity (Wildman–Crippen MR) is 103 cm³/mol. The summed E-state index contributed by atoms with van der Waals surface area (Å²) in [5.41, 5.74) is 0.751. The Morgan fingerprint density at radius 2 is 2.04 bits per heavy atom. The fraction of sp³-hybridized carbons (Fsp3) is 0.450. The number of rotatable bonds is 9. The monoisotopic (exact) mass is 392 g/mol. The van der Waals surface area contributed by atoms with Crippen molar-refractivity contribution in [1.29, 1.82) is 0 Å². The number of ether oxygens (including phenoxy) is 1. The highest BCUT2D eigenvalue weighted by molar-refractivity contribution is 6.33. The van der Waals surface area contributed by atoms with E-state index in [9.17, 15) is 9.59 Å². The lowest BCUT2D eigenvalue weighted by Gasteiger charge is -2.22. The highest BCUT2D eigenvalue weighted by Crippen LogP contribution is 2.28. The molecule has 0 saturated heterocycles. The quantitative estimate of drug-likeness (QED) is 0.652. The van der Waals surface area contributed by atoms with Gasteiger partial charge in [0.2, 0.25) is 5.91 Å². The molecule has 1 N–H and O–H groups in total. The molecular weight excluding hydrogens is 368 g/mol. The normalized spacial score (nSPS) is 13.0. The minimum absolute atomic E-state index is 0.0124. The molecule has 0 spiro atoms. The van der Waals surface area contributed by atoms with E-state index in [1.165, 1.54) is 0 Å². The van der Waals surface area contributed by atoms with Crippen LogP contribution < -0.4 is 5.32 Å². The zero-order valence-electron chi connectivity index (χ0n) is 15.8. The zero-order chi connectivity index (χ0) is 19.8. The Balaban J connectivity index is 1.95. The van der Waals surface area contributed by atoms with E-state index in [2.05, 4.69) is 10.3 Å². The van der Waals surface area contributed by atoms with Gasteiger partial charge in [-0.05, 0) is 25.0 Å². The summed E-state index contributed by atoms with van der Waals surface area (Å²) in [4.78, 5) is 28.5. The van der Waals surface area contributed by atoms with Crippen molar-refractivity contribution in [2.45, 2.75) is 46.1 Å². The fourth-order valence-corrected chi connectivity index (χ4v) is 2.81. The molecule has 0 aliphatic rings. The van der Waals surface area contributed by atoms with Crippen LogP contribution in [0, 0.1) is 5.92 Å². The van der Waals surface area contributed by atoms with Crippen molar-refractivity contribution in [2.24, 2.45) is 5.92 Å². The number of hydrogen-bond acceptors (Lipinski definition) is 5. The lowest BCUT2D eigenvalue weighted by Crippen LogP contribution is -2.46. The second kappa shape index (κ2) is 10.1. The third kappa shape index (κ3) is 5.82. The lowest BCUT2D eigenvalue weighted by molar-refractivity contribution is -0.149. The Morgan fingerprint density at radius 1 is 1.30 bits per heavy atom. The van der Waals surface area contributed by atoms with Gasteiger partial charge in [0.25, 0.3) is 0 Å². The number of hydrogen-bond donors (Lipinski definition) is 1. The molecule has 0 radical (unpaired) electrons. The van der Waals surface area contributed by atoms with Crippen molar-refractivity contribution in [3.05, 3.63) is 41.4 Å². The molecule has 0 aliphatic carbocycles. The van der Waals surface area contributed by atoms with E-state index < -0.39 is 12.0 Å². The second-order valence-electron chi connectivity index (χ2n) is 6.28. The van der Waals surface area contributed by atoms with Crippen LogP contribution in [0.1, 0.15) is 39.5 Å². The van der Waals surface area contributed by atoms with Crippen LogP contribution in [0.2, 0.25) is 5.02 Å². The summed E-state index contributed by atoms with van der Waals surface area (Å²) in [6.07, 6.45) is 2.83. The van der Waals surface area contributed by atoms with Crippen molar-refractivity contribution in [2.75, 3.05) is 6.61 Å². The fourth-order valence-electron chi connectivity index (χ4n) is 2.58. The summed E-state index contributed by atoms with van der Waals surface area (Å²) < 4.78 is 10.8. The topological polar surface area (TPSA) is 81.4 Å². The van der Waals surface area contributed by atoms with E-state index in [1.807, 2.05) is 32.0 Å². The van der Waals surface area contributed by atoms with Gasteiger partial charge in [-0.25, -0.2) is 9.78 Å². The minimum Gasteiger partial charge on any atom is -0.464 e. The molecule has 1 aromatic heterocycles. The lowest BCUT2D eigenvalue weighted by atomic mass is 9.99. The van der Waals surface area contributed by atoms with Crippen LogP contribution in [0.5, 0.6) is 0 Å². The van der Waals surface area contributed by atoms with E-state index in [-0.39, 0.29) is 24.9 Å². The number of nitrogens with one attached hydrogen (secondary N) is 1. The molecule has 7 heteroatoms. The second-order valence-corrected chi connectivity index (χ2v) is 6.69. The van der Waals surface area contributed by atoms with Gasteiger partial charge in [0.1, 0.15) is 6.04 Å². The number of nitrogens with zero attached hydrogens (tertiary/aromatic N) is 1. The summed E-state index contributed by atoms with van der Waals surface area (Å²) >= 11 is 6.16. The summed E-state index contributed by atoms with van der Waals surface area (Å²) in [5.74, 6) is 0.334. The van der Waals surface area contributed by atoms with E-state index in [0.717, 1.165) is 12.0 Å². The van der Waals surface area contributed by atoms with E-state index >= 15 is 0 Å². The van der Waals surface area contributed by atoms with Crippen molar-refractivity contribution >= 4 is 23.5 Å². The number of esters is 1. The number of amides is 1. The van der Waals surface area contributed by atoms with Crippen LogP contribution in [0.4, 0.5) is 0 Å². The third-order valence-corrected chi connectivity index (χ3v) is 4.66. The molecule has 2 atom stereocenters. The Labute approximate surface area is 164 Å². The van der Waals surface area contributed by atoms with Gasteiger partial charge in [-0.2, -0.15) is 0 Å². The van der Waals surface area contributed by atoms with E-state index in [0.29, 0.717) is 23.1 Å². The number of aromatic nitrogens is 1. The number of carbonyl (C=O) groups is 2. The first-order valence-electron chi connectivity index (χ1n) is 9.11. The molecule has 2 rings (SSSR count). The smallest absolute Gasteiger partial charge is 0.328 e. The molecule has 0 aliphatic heterocycles. The van der Waals surface area contributed by atoms with Crippen LogP contribution in [-0.2, 0) is 20.7 Å². The third-order valence-electron chi connectivity index (χ3n) is 4.33. The molecule has 6 nitrogen and oxygen atoms in total.